The van der Waals surface area contributed by atoms with Crippen LogP contribution in [-0.4, -0.2) is 42.4 Å². The Balaban J connectivity index is 0. The Labute approximate surface area is 157 Å². The monoisotopic (exact) mass is 427 g/mol. The molecule has 22 heavy (non-hydrogen) atoms. The van der Waals surface area contributed by atoms with Gasteiger partial charge in [-0.25, -0.2) is 0 Å². The zero-order valence-electron chi connectivity index (χ0n) is 15.6. The number of nitrogens with zero attached hydrogens (tertiary/aromatic N) is 1. The number of quaternary nitrogens is 1. The first kappa shape index (κ1) is 24.9. The molecule has 0 radical (unpaired) electrons. The molecule has 0 aromatic rings. The maximum Gasteiger partial charge on any atom is 0.0808 e. The SMILES string of the molecule is CCCCCC[N+](CCCO)(CCCCC)CCCCC.[I-]. The van der Waals surface area contributed by atoms with E-state index in [9.17, 15) is 5.11 Å². The van der Waals surface area contributed by atoms with Gasteiger partial charge in [-0.05, 0) is 38.5 Å². The van der Waals surface area contributed by atoms with Crippen LogP contribution < -0.4 is 24.0 Å². The molecule has 0 aliphatic heterocycles. The molecule has 2 nitrogen and oxygen atoms in total. The van der Waals surface area contributed by atoms with Crippen LogP contribution in [0.4, 0.5) is 0 Å². The van der Waals surface area contributed by atoms with E-state index >= 15 is 0 Å². The van der Waals surface area contributed by atoms with Crippen LogP contribution in [0.1, 0.15) is 91.4 Å². The lowest BCUT2D eigenvalue weighted by Gasteiger charge is -2.39. The molecule has 0 rings (SSSR count). The molecule has 1 N–H and O–H groups in total. The van der Waals surface area contributed by atoms with E-state index < -0.39 is 0 Å². The molecule has 0 heterocycles. The number of hydrogen-bond donors (Lipinski definition) is 1. The summed E-state index contributed by atoms with van der Waals surface area (Å²) in [7, 11) is 0. The molecule has 0 aromatic heterocycles. The van der Waals surface area contributed by atoms with Crippen LogP contribution in [0.2, 0.25) is 0 Å². The molecule has 0 aliphatic rings. The Bertz CT molecular complexity index is 202. The summed E-state index contributed by atoms with van der Waals surface area (Å²) in [5.41, 5.74) is 0. The first-order chi connectivity index (χ1) is 10.2. The first-order valence-corrected chi connectivity index (χ1v) is 9.70. The van der Waals surface area contributed by atoms with Gasteiger partial charge < -0.3 is 33.6 Å². The Hall–Kier alpha value is 0.650. The predicted octanol–water partition coefficient (Wildman–Crippen LogP) is 2.15. The van der Waals surface area contributed by atoms with Crippen molar-refractivity contribution in [2.45, 2.75) is 91.4 Å². The van der Waals surface area contributed by atoms with E-state index in [0.29, 0.717) is 6.61 Å². The zero-order valence-corrected chi connectivity index (χ0v) is 17.7. The van der Waals surface area contributed by atoms with Gasteiger partial charge in [-0.1, -0.05) is 46.5 Å². The topological polar surface area (TPSA) is 20.2 Å². The highest BCUT2D eigenvalue weighted by Crippen LogP contribution is 2.17. The van der Waals surface area contributed by atoms with Crippen LogP contribution >= 0.6 is 0 Å². The van der Waals surface area contributed by atoms with E-state index in [4.69, 9.17) is 0 Å². The number of hydrogen-bond acceptors (Lipinski definition) is 1. The molecule has 0 unspecified atom stereocenters. The molecule has 0 atom stereocenters. The normalized spacial score (nSPS) is 11.5. The van der Waals surface area contributed by atoms with Gasteiger partial charge in [0.2, 0.25) is 0 Å². The van der Waals surface area contributed by atoms with Crippen molar-refractivity contribution in [1.82, 2.24) is 0 Å². The van der Waals surface area contributed by atoms with Crippen molar-refractivity contribution in [3.8, 4) is 0 Å². The fourth-order valence-electron chi connectivity index (χ4n) is 3.35. The molecular formula is C19H42INO. The highest BCUT2D eigenvalue weighted by molar-refractivity contribution is 4.51. The van der Waals surface area contributed by atoms with Crippen LogP contribution in [0.15, 0.2) is 0 Å². The van der Waals surface area contributed by atoms with E-state index in [2.05, 4.69) is 20.8 Å². The summed E-state index contributed by atoms with van der Waals surface area (Å²) >= 11 is 0. The second kappa shape index (κ2) is 18.0. The van der Waals surface area contributed by atoms with Crippen molar-refractivity contribution in [2.75, 3.05) is 32.8 Å². The summed E-state index contributed by atoms with van der Waals surface area (Å²) in [4.78, 5) is 0. The highest BCUT2D eigenvalue weighted by Gasteiger charge is 2.25. The van der Waals surface area contributed by atoms with Crippen molar-refractivity contribution in [3.63, 3.8) is 0 Å². The number of aliphatic hydroxyl groups excluding tert-OH is 1. The summed E-state index contributed by atoms with van der Waals surface area (Å²) in [5, 5.41) is 9.27. The minimum atomic E-state index is 0. The van der Waals surface area contributed by atoms with Gasteiger partial charge in [0.1, 0.15) is 0 Å². The Morgan fingerprint density at radius 3 is 1.32 bits per heavy atom. The third kappa shape index (κ3) is 13.1. The van der Waals surface area contributed by atoms with Crippen molar-refractivity contribution >= 4 is 0 Å². The average molecular weight is 427 g/mol. The molecule has 0 bridgehead atoms. The van der Waals surface area contributed by atoms with Gasteiger partial charge in [0.15, 0.2) is 0 Å². The molecule has 0 amide bonds. The first-order valence-electron chi connectivity index (χ1n) is 9.70. The number of unbranched alkanes of at least 4 members (excludes halogenated alkanes) is 7. The Morgan fingerprint density at radius 1 is 0.545 bits per heavy atom. The number of halogens is 1. The average Bonchev–Trinajstić information content (AvgIpc) is 2.50. The fourth-order valence-corrected chi connectivity index (χ4v) is 3.35. The lowest BCUT2D eigenvalue weighted by atomic mass is 10.1. The van der Waals surface area contributed by atoms with Crippen LogP contribution in [0, 0.1) is 0 Å². The molecule has 136 valence electrons. The predicted molar refractivity (Wildman–Crippen MR) is 94.6 cm³/mol. The van der Waals surface area contributed by atoms with E-state index in [-0.39, 0.29) is 24.0 Å². The summed E-state index contributed by atoms with van der Waals surface area (Å²) in [6, 6.07) is 0. The quantitative estimate of drug-likeness (QED) is 0.227. The summed E-state index contributed by atoms with van der Waals surface area (Å²) in [6.45, 7) is 12.4. The molecule has 0 aliphatic carbocycles. The van der Waals surface area contributed by atoms with Crippen molar-refractivity contribution in [2.24, 2.45) is 0 Å². The molecule has 0 saturated carbocycles. The molecule has 0 fully saturated rings. The van der Waals surface area contributed by atoms with E-state index in [1.165, 1.54) is 94.9 Å². The van der Waals surface area contributed by atoms with Crippen LogP contribution in [0.25, 0.3) is 0 Å². The van der Waals surface area contributed by atoms with Gasteiger partial charge in [0.05, 0.1) is 26.2 Å². The molecule has 3 heteroatoms. The van der Waals surface area contributed by atoms with E-state index in [0.717, 1.165) is 6.42 Å². The standard InChI is InChI=1S/C19H42NO.HI/c1-4-7-10-13-17-20(18-14-19-21,15-11-8-5-2)16-12-9-6-3;/h21H,4-19H2,1-3H3;1H/q+1;/p-1. The van der Waals surface area contributed by atoms with Gasteiger partial charge >= 0.3 is 0 Å². The van der Waals surface area contributed by atoms with Gasteiger partial charge in [-0.2, -0.15) is 0 Å². The smallest absolute Gasteiger partial charge is 0.0808 e. The van der Waals surface area contributed by atoms with E-state index in [1.807, 2.05) is 0 Å². The zero-order chi connectivity index (χ0) is 15.8. The maximum absolute atomic E-state index is 9.27. The molecule has 0 spiro atoms. The van der Waals surface area contributed by atoms with Crippen LogP contribution in [0.5, 0.6) is 0 Å². The van der Waals surface area contributed by atoms with E-state index in [1.54, 1.807) is 0 Å². The van der Waals surface area contributed by atoms with Gasteiger partial charge in [-0.3, -0.25) is 0 Å². The maximum atomic E-state index is 9.27. The Kier molecular flexibility index (Phi) is 20.4. The molecular weight excluding hydrogens is 385 g/mol. The van der Waals surface area contributed by atoms with Crippen molar-refractivity contribution < 1.29 is 33.6 Å². The lowest BCUT2D eigenvalue weighted by Crippen LogP contribution is -3.00. The summed E-state index contributed by atoms with van der Waals surface area (Å²) in [6.07, 6.45) is 14.5. The third-order valence-corrected chi connectivity index (χ3v) is 4.75. The van der Waals surface area contributed by atoms with Crippen LogP contribution in [0.3, 0.4) is 0 Å². The second-order valence-electron chi connectivity index (χ2n) is 6.79. The highest BCUT2D eigenvalue weighted by atomic mass is 127. The molecule has 0 aromatic carbocycles. The fraction of sp³-hybridized carbons (Fsp3) is 1.00. The van der Waals surface area contributed by atoms with Crippen molar-refractivity contribution in [1.29, 1.82) is 0 Å². The summed E-state index contributed by atoms with van der Waals surface area (Å²) < 4.78 is 1.28. The largest absolute Gasteiger partial charge is 1.00 e. The number of aliphatic hydroxyl groups is 1. The molecule has 0 saturated heterocycles. The van der Waals surface area contributed by atoms with Gasteiger partial charge in [0, 0.05) is 13.0 Å². The van der Waals surface area contributed by atoms with Gasteiger partial charge in [-0.15, -0.1) is 0 Å². The second-order valence-corrected chi connectivity index (χ2v) is 6.79. The van der Waals surface area contributed by atoms with Crippen LogP contribution in [-0.2, 0) is 0 Å². The third-order valence-electron chi connectivity index (χ3n) is 4.75. The summed E-state index contributed by atoms with van der Waals surface area (Å²) in [5.74, 6) is 0. The Morgan fingerprint density at radius 2 is 0.909 bits per heavy atom. The van der Waals surface area contributed by atoms with Gasteiger partial charge in [0.25, 0.3) is 0 Å². The minimum absolute atomic E-state index is 0. The number of rotatable bonds is 16. The lowest BCUT2D eigenvalue weighted by molar-refractivity contribution is -0.929. The van der Waals surface area contributed by atoms with Crippen molar-refractivity contribution in [3.05, 3.63) is 0 Å². The minimum Gasteiger partial charge on any atom is -1.00 e.